The van der Waals surface area contributed by atoms with Crippen LogP contribution in [-0.2, 0) is 19.2 Å². The number of aliphatic hydroxyl groups is 1. The fraction of sp³-hybridized carbons (Fsp3) is 0.762. The number of aliphatic carboxylic acids is 1. The van der Waals surface area contributed by atoms with Crippen LogP contribution in [0.1, 0.15) is 52.4 Å². The van der Waals surface area contributed by atoms with Crippen molar-refractivity contribution < 1.29 is 29.4 Å². The first-order valence-corrected chi connectivity index (χ1v) is 11.7. The summed E-state index contributed by atoms with van der Waals surface area (Å²) in [6.07, 6.45) is 2.71. The van der Waals surface area contributed by atoms with Gasteiger partial charge in [0.05, 0.1) is 12.6 Å². The van der Waals surface area contributed by atoms with E-state index in [1.807, 2.05) is 6.92 Å². The summed E-state index contributed by atoms with van der Waals surface area (Å²) >= 11 is 0. The van der Waals surface area contributed by atoms with Gasteiger partial charge in [0.15, 0.2) is 5.96 Å². The van der Waals surface area contributed by atoms with Crippen molar-refractivity contribution in [3.8, 4) is 0 Å². The third-order valence-electron chi connectivity index (χ3n) is 5.47. The third kappa shape index (κ3) is 12.9. The Morgan fingerprint density at radius 1 is 0.914 bits per heavy atom. The van der Waals surface area contributed by atoms with Gasteiger partial charge in [-0.3, -0.25) is 19.4 Å². The second-order valence-corrected chi connectivity index (χ2v) is 8.35. The van der Waals surface area contributed by atoms with Gasteiger partial charge in [0.1, 0.15) is 18.1 Å². The van der Waals surface area contributed by atoms with Gasteiger partial charge in [-0.15, -0.1) is 0 Å². The number of nitrogens with two attached hydrogens (primary N) is 4. The van der Waals surface area contributed by atoms with Crippen molar-refractivity contribution in [2.24, 2.45) is 33.8 Å². The summed E-state index contributed by atoms with van der Waals surface area (Å²) in [4.78, 5) is 53.4. The molecule has 0 fully saturated rings. The van der Waals surface area contributed by atoms with Gasteiger partial charge in [0.2, 0.25) is 17.7 Å². The van der Waals surface area contributed by atoms with Gasteiger partial charge in [-0.25, -0.2) is 4.79 Å². The Bertz CT molecular complexity index is 716. The second-order valence-electron chi connectivity index (χ2n) is 8.35. The lowest BCUT2D eigenvalue weighted by atomic mass is 9.96. The lowest BCUT2D eigenvalue weighted by Gasteiger charge is -2.28. The highest BCUT2D eigenvalue weighted by Gasteiger charge is 2.32. The molecule has 13 N–H and O–H groups in total. The monoisotopic (exact) mass is 502 g/mol. The number of guanidine groups is 1. The van der Waals surface area contributed by atoms with E-state index in [1.165, 1.54) is 0 Å². The first kappa shape index (κ1) is 32.0. The lowest BCUT2D eigenvalue weighted by Crippen LogP contribution is -2.58. The SMILES string of the molecule is CCC(C)C(NC(=O)C(N)CCCCN)C(=O)NC(CCCN=C(N)N)C(=O)NC(CO)C(=O)O. The smallest absolute Gasteiger partial charge is 0.328 e. The molecule has 5 unspecified atom stereocenters. The maximum Gasteiger partial charge on any atom is 0.328 e. The van der Waals surface area contributed by atoms with Gasteiger partial charge in [0, 0.05) is 6.54 Å². The Balaban J connectivity index is 5.50. The molecule has 0 aromatic heterocycles. The quantitative estimate of drug-likeness (QED) is 0.0523. The standard InChI is InChI=1S/C21H42N8O6/c1-3-12(2)16(29-17(31)13(23)7-4-5-9-22)19(33)27-14(8-6-10-26-21(24)25)18(32)28-15(11-30)20(34)35/h12-16,30H,3-11,22-23H2,1-2H3,(H,27,33)(H,28,32)(H,29,31)(H,34,35)(H4,24,25,26). The van der Waals surface area contributed by atoms with E-state index >= 15 is 0 Å². The number of carbonyl (C=O) groups is 4. The van der Waals surface area contributed by atoms with Gasteiger partial charge < -0.3 is 49.1 Å². The molecule has 5 atom stereocenters. The molecule has 3 amide bonds. The Morgan fingerprint density at radius 2 is 1.54 bits per heavy atom. The van der Waals surface area contributed by atoms with Crippen molar-refractivity contribution in [2.45, 2.75) is 76.5 Å². The molecule has 0 spiro atoms. The van der Waals surface area contributed by atoms with Crippen LogP contribution in [0.5, 0.6) is 0 Å². The first-order chi connectivity index (χ1) is 16.5. The molecule has 0 heterocycles. The Kier molecular flexibility index (Phi) is 16.0. The number of aliphatic hydroxyl groups excluding tert-OH is 1. The molecule has 14 nitrogen and oxygen atoms in total. The van der Waals surface area contributed by atoms with Gasteiger partial charge in [-0.05, 0) is 38.1 Å². The molecule has 0 aromatic carbocycles. The van der Waals surface area contributed by atoms with Crippen molar-refractivity contribution in [2.75, 3.05) is 19.7 Å². The molecule has 0 aromatic rings. The van der Waals surface area contributed by atoms with Crippen LogP contribution >= 0.6 is 0 Å². The number of carboxylic acids is 1. The molecule has 0 rings (SSSR count). The van der Waals surface area contributed by atoms with Gasteiger partial charge in [0.25, 0.3) is 0 Å². The van der Waals surface area contributed by atoms with Gasteiger partial charge in [-0.2, -0.15) is 0 Å². The molecule has 35 heavy (non-hydrogen) atoms. The highest BCUT2D eigenvalue weighted by molar-refractivity contribution is 5.94. The number of unbranched alkanes of at least 4 members (excludes halogenated alkanes) is 1. The van der Waals surface area contributed by atoms with Crippen LogP contribution in [0, 0.1) is 5.92 Å². The van der Waals surface area contributed by atoms with Crippen LogP contribution in [0.4, 0.5) is 0 Å². The number of hydrogen-bond donors (Lipinski definition) is 9. The van der Waals surface area contributed by atoms with E-state index in [9.17, 15) is 24.3 Å². The summed E-state index contributed by atoms with van der Waals surface area (Å²) in [5, 5.41) is 25.7. The van der Waals surface area contributed by atoms with Crippen LogP contribution in [0.3, 0.4) is 0 Å². The molecule has 0 aliphatic rings. The summed E-state index contributed by atoms with van der Waals surface area (Å²) in [5.74, 6) is -3.78. The van der Waals surface area contributed by atoms with Crippen molar-refractivity contribution in [3.63, 3.8) is 0 Å². The van der Waals surface area contributed by atoms with Gasteiger partial charge >= 0.3 is 5.97 Å². The predicted octanol–water partition coefficient (Wildman–Crippen LogP) is -2.93. The summed E-state index contributed by atoms with van der Waals surface area (Å²) < 4.78 is 0. The van der Waals surface area contributed by atoms with E-state index in [-0.39, 0.29) is 24.8 Å². The van der Waals surface area contributed by atoms with E-state index in [1.54, 1.807) is 6.92 Å². The van der Waals surface area contributed by atoms with Crippen LogP contribution in [0.15, 0.2) is 4.99 Å². The molecule has 0 saturated heterocycles. The molecule has 0 saturated carbocycles. The molecule has 0 bridgehead atoms. The number of amides is 3. The number of hydrogen-bond acceptors (Lipinski definition) is 8. The minimum Gasteiger partial charge on any atom is -0.480 e. The van der Waals surface area contributed by atoms with E-state index in [4.69, 9.17) is 28.0 Å². The Hall–Kier alpha value is -2.97. The van der Waals surface area contributed by atoms with Gasteiger partial charge in [-0.1, -0.05) is 26.7 Å². The number of aliphatic imine (C=N–C) groups is 1. The number of nitrogens with zero attached hydrogens (tertiary/aromatic N) is 1. The normalized spacial score (nSPS) is 15.1. The number of nitrogens with one attached hydrogen (secondary N) is 3. The zero-order valence-corrected chi connectivity index (χ0v) is 20.5. The third-order valence-corrected chi connectivity index (χ3v) is 5.47. The van der Waals surface area contributed by atoms with Crippen LogP contribution in [-0.4, -0.2) is 83.7 Å². The minimum atomic E-state index is -1.55. The van der Waals surface area contributed by atoms with Crippen molar-refractivity contribution in [1.29, 1.82) is 0 Å². The predicted molar refractivity (Wildman–Crippen MR) is 131 cm³/mol. The van der Waals surface area contributed by atoms with E-state index in [2.05, 4.69) is 20.9 Å². The minimum absolute atomic E-state index is 0.0753. The van der Waals surface area contributed by atoms with Crippen LogP contribution < -0.4 is 38.9 Å². The summed E-state index contributed by atoms with van der Waals surface area (Å²) in [6, 6.07) is -4.50. The maximum absolute atomic E-state index is 13.1. The number of rotatable bonds is 18. The average molecular weight is 503 g/mol. The number of carboxylic acid groups (broad SMARTS) is 1. The van der Waals surface area contributed by atoms with Crippen molar-refractivity contribution >= 4 is 29.7 Å². The lowest BCUT2D eigenvalue weighted by molar-refractivity contribution is -0.143. The summed E-state index contributed by atoms with van der Waals surface area (Å²) in [7, 11) is 0. The molecular weight excluding hydrogens is 460 g/mol. The molecule has 0 radical (unpaired) electrons. The highest BCUT2D eigenvalue weighted by atomic mass is 16.4. The fourth-order valence-electron chi connectivity index (χ4n) is 3.09. The molecule has 0 aliphatic carbocycles. The number of carbonyl (C=O) groups excluding carboxylic acids is 3. The second kappa shape index (κ2) is 17.5. The average Bonchev–Trinajstić information content (AvgIpc) is 2.81. The Morgan fingerprint density at radius 3 is 2.06 bits per heavy atom. The van der Waals surface area contributed by atoms with Crippen LogP contribution in [0.25, 0.3) is 0 Å². The largest absolute Gasteiger partial charge is 0.480 e. The molecule has 0 aliphatic heterocycles. The van der Waals surface area contributed by atoms with Crippen LogP contribution in [0.2, 0.25) is 0 Å². The zero-order valence-electron chi connectivity index (χ0n) is 20.5. The van der Waals surface area contributed by atoms with E-state index in [0.29, 0.717) is 32.2 Å². The topological polar surface area (TPSA) is 261 Å². The maximum atomic E-state index is 13.1. The van der Waals surface area contributed by atoms with E-state index in [0.717, 1.165) is 6.42 Å². The Labute approximate surface area is 205 Å². The van der Waals surface area contributed by atoms with Crippen molar-refractivity contribution in [3.05, 3.63) is 0 Å². The van der Waals surface area contributed by atoms with E-state index < -0.39 is 54.5 Å². The van der Waals surface area contributed by atoms with Crippen molar-refractivity contribution in [1.82, 2.24) is 16.0 Å². The molecule has 14 heteroatoms. The summed E-state index contributed by atoms with van der Waals surface area (Å²) in [5.41, 5.74) is 22.0. The molecule has 202 valence electrons. The summed E-state index contributed by atoms with van der Waals surface area (Å²) in [6.45, 7) is 3.44. The first-order valence-electron chi connectivity index (χ1n) is 11.7. The zero-order chi connectivity index (χ0) is 27.0. The highest BCUT2D eigenvalue weighted by Crippen LogP contribution is 2.11. The fourth-order valence-corrected chi connectivity index (χ4v) is 3.09. The molecular formula is C21H42N8O6.